The van der Waals surface area contributed by atoms with Crippen LogP contribution in [0.1, 0.15) is 28.7 Å². The summed E-state index contributed by atoms with van der Waals surface area (Å²) in [6.07, 6.45) is 2.49. The number of halogens is 1. The third kappa shape index (κ3) is 2.47. The standard InChI is InChI=1S/C17H17BrO/c1-12-2-5-14-8-9-17(19,16(14)10-12)11-13-3-6-15(18)7-4-13/h2-7,10,19H,8-9,11H2,1H3. The molecule has 1 unspecified atom stereocenters. The second-order valence-corrected chi connectivity index (χ2v) is 6.41. The fourth-order valence-corrected chi connectivity index (χ4v) is 3.21. The van der Waals surface area contributed by atoms with Crippen molar-refractivity contribution in [3.8, 4) is 0 Å². The molecule has 0 saturated carbocycles. The molecule has 1 aliphatic rings. The average molecular weight is 317 g/mol. The Bertz CT molecular complexity index is 603. The molecule has 0 aromatic heterocycles. The Hall–Kier alpha value is -1.12. The van der Waals surface area contributed by atoms with Crippen molar-refractivity contribution in [2.75, 3.05) is 0 Å². The van der Waals surface area contributed by atoms with Gasteiger partial charge in [-0.1, -0.05) is 51.8 Å². The van der Waals surface area contributed by atoms with E-state index in [4.69, 9.17) is 0 Å². The van der Waals surface area contributed by atoms with Gasteiger partial charge in [-0.2, -0.15) is 0 Å². The van der Waals surface area contributed by atoms with E-state index < -0.39 is 5.60 Å². The predicted molar refractivity (Wildman–Crippen MR) is 81.2 cm³/mol. The number of hydrogen-bond acceptors (Lipinski definition) is 1. The highest BCUT2D eigenvalue weighted by atomic mass is 79.9. The molecule has 1 N–H and O–H groups in total. The molecule has 0 saturated heterocycles. The molecule has 3 rings (SSSR count). The van der Waals surface area contributed by atoms with Gasteiger partial charge in [0.15, 0.2) is 0 Å². The Morgan fingerprint density at radius 2 is 1.89 bits per heavy atom. The first-order valence-corrected chi connectivity index (χ1v) is 7.43. The Kier molecular flexibility index (Phi) is 3.23. The van der Waals surface area contributed by atoms with Crippen LogP contribution in [0.3, 0.4) is 0 Å². The summed E-state index contributed by atoms with van der Waals surface area (Å²) in [5, 5.41) is 11.0. The van der Waals surface area contributed by atoms with Gasteiger partial charge in [0.2, 0.25) is 0 Å². The molecule has 0 radical (unpaired) electrons. The number of benzene rings is 2. The van der Waals surface area contributed by atoms with Crippen LogP contribution in [-0.4, -0.2) is 5.11 Å². The molecule has 2 heteroatoms. The van der Waals surface area contributed by atoms with E-state index in [1.165, 1.54) is 16.7 Å². The minimum Gasteiger partial charge on any atom is -0.385 e. The zero-order valence-corrected chi connectivity index (χ0v) is 12.6. The van der Waals surface area contributed by atoms with Crippen LogP contribution in [0.4, 0.5) is 0 Å². The number of fused-ring (bicyclic) bond motifs is 1. The third-order valence-electron chi connectivity index (χ3n) is 3.98. The van der Waals surface area contributed by atoms with E-state index in [-0.39, 0.29) is 0 Å². The van der Waals surface area contributed by atoms with Crippen molar-refractivity contribution in [3.05, 3.63) is 69.2 Å². The van der Waals surface area contributed by atoms with Crippen LogP contribution in [0.15, 0.2) is 46.9 Å². The monoisotopic (exact) mass is 316 g/mol. The predicted octanol–water partition coefficient (Wildman–Crippen LogP) is 4.13. The molecule has 1 nitrogen and oxygen atoms in total. The molecule has 1 aliphatic carbocycles. The fraction of sp³-hybridized carbons (Fsp3) is 0.294. The summed E-state index contributed by atoms with van der Waals surface area (Å²) in [7, 11) is 0. The van der Waals surface area contributed by atoms with Crippen molar-refractivity contribution >= 4 is 15.9 Å². The lowest BCUT2D eigenvalue weighted by atomic mass is 9.88. The lowest BCUT2D eigenvalue weighted by Crippen LogP contribution is -2.25. The number of aliphatic hydroxyl groups is 1. The van der Waals surface area contributed by atoms with Crippen LogP contribution in [0, 0.1) is 6.92 Å². The lowest BCUT2D eigenvalue weighted by Gasteiger charge is -2.24. The number of hydrogen-bond donors (Lipinski definition) is 1. The molecule has 0 fully saturated rings. The zero-order chi connectivity index (χ0) is 13.5. The largest absolute Gasteiger partial charge is 0.385 e. The maximum Gasteiger partial charge on any atom is 0.0942 e. The van der Waals surface area contributed by atoms with E-state index in [0.717, 1.165) is 22.9 Å². The van der Waals surface area contributed by atoms with Gasteiger partial charge < -0.3 is 5.11 Å². The van der Waals surface area contributed by atoms with Crippen molar-refractivity contribution in [2.24, 2.45) is 0 Å². The molecule has 0 heterocycles. The highest BCUT2D eigenvalue weighted by Gasteiger charge is 2.36. The molecular formula is C17H17BrO. The van der Waals surface area contributed by atoms with Gasteiger partial charge in [0.25, 0.3) is 0 Å². The molecule has 2 aromatic rings. The van der Waals surface area contributed by atoms with Gasteiger partial charge in [-0.05, 0) is 48.6 Å². The first-order chi connectivity index (χ1) is 9.07. The first kappa shape index (κ1) is 12.9. The summed E-state index contributed by atoms with van der Waals surface area (Å²) in [6, 6.07) is 14.6. The van der Waals surface area contributed by atoms with Gasteiger partial charge in [-0.15, -0.1) is 0 Å². The molecule has 0 amide bonds. The topological polar surface area (TPSA) is 20.2 Å². The number of aryl methyl sites for hydroxylation is 2. The van der Waals surface area contributed by atoms with Gasteiger partial charge in [0.05, 0.1) is 5.60 Å². The normalized spacial score (nSPS) is 21.4. The first-order valence-electron chi connectivity index (χ1n) is 6.64. The maximum atomic E-state index is 11.0. The minimum absolute atomic E-state index is 0.691. The van der Waals surface area contributed by atoms with Crippen LogP contribution in [0.5, 0.6) is 0 Å². The van der Waals surface area contributed by atoms with Gasteiger partial charge in [0.1, 0.15) is 0 Å². The molecule has 0 bridgehead atoms. The van der Waals surface area contributed by atoms with Crippen molar-refractivity contribution in [1.82, 2.24) is 0 Å². The highest BCUT2D eigenvalue weighted by Crippen LogP contribution is 2.39. The van der Waals surface area contributed by atoms with Crippen LogP contribution in [0.25, 0.3) is 0 Å². The molecule has 0 aliphatic heterocycles. The molecular weight excluding hydrogens is 300 g/mol. The van der Waals surface area contributed by atoms with Crippen LogP contribution in [0.2, 0.25) is 0 Å². The van der Waals surface area contributed by atoms with Gasteiger partial charge in [-0.3, -0.25) is 0 Å². The Morgan fingerprint density at radius 1 is 1.16 bits per heavy atom. The SMILES string of the molecule is Cc1ccc2c(c1)C(O)(Cc1ccc(Br)cc1)CC2. The Balaban J connectivity index is 1.93. The summed E-state index contributed by atoms with van der Waals surface area (Å²) in [6.45, 7) is 2.08. The summed E-state index contributed by atoms with van der Waals surface area (Å²) in [4.78, 5) is 0. The summed E-state index contributed by atoms with van der Waals surface area (Å²) in [5.41, 5.74) is 4.12. The minimum atomic E-state index is -0.699. The lowest BCUT2D eigenvalue weighted by molar-refractivity contribution is 0.0389. The molecule has 19 heavy (non-hydrogen) atoms. The van der Waals surface area contributed by atoms with Crippen LogP contribution in [-0.2, 0) is 18.4 Å². The van der Waals surface area contributed by atoms with Gasteiger partial charge >= 0.3 is 0 Å². The van der Waals surface area contributed by atoms with E-state index in [1.807, 2.05) is 12.1 Å². The van der Waals surface area contributed by atoms with Gasteiger partial charge in [-0.25, -0.2) is 0 Å². The van der Waals surface area contributed by atoms with E-state index in [9.17, 15) is 5.11 Å². The van der Waals surface area contributed by atoms with E-state index in [1.54, 1.807) is 0 Å². The molecule has 98 valence electrons. The van der Waals surface area contributed by atoms with Crippen LogP contribution >= 0.6 is 15.9 Å². The quantitative estimate of drug-likeness (QED) is 0.883. The Labute approximate surface area is 122 Å². The maximum absolute atomic E-state index is 11.0. The van der Waals surface area contributed by atoms with Crippen molar-refractivity contribution in [1.29, 1.82) is 0 Å². The summed E-state index contributed by atoms with van der Waals surface area (Å²) >= 11 is 3.44. The fourth-order valence-electron chi connectivity index (χ4n) is 2.94. The highest BCUT2D eigenvalue weighted by molar-refractivity contribution is 9.10. The van der Waals surface area contributed by atoms with E-state index >= 15 is 0 Å². The van der Waals surface area contributed by atoms with Crippen molar-refractivity contribution in [2.45, 2.75) is 31.8 Å². The zero-order valence-electron chi connectivity index (χ0n) is 11.0. The molecule has 0 spiro atoms. The second-order valence-electron chi connectivity index (χ2n) is 5.50. The van der Waals surface area contributed by atoms with Crippen LogP contribution < -0.4 is 0 Å². The van der Waals surface area contributed by atoms with Gasteiger partial charge in [0, 0.05) is 10.9 Å². The smallest absolute Gasteiger partial charge is 0.0942 e. The summed E-state index contributed by atoms with van der Waals surface area (Å²) in [5.74, 6) is 0. The van der Waals surface area contributed by atoms with E-state index in [0.29, 0.717) is 6.42 Å². The second kappa shape index (κ2) is 4.77. The average Bonchev–Trinajstić information content (AvgIpc) is 2.70. The number of rotatable bonds is 2. The third-order valence-corrected chi connectivity index (χ3v) is 4.51. The molecule has 1 atom stereocenters. The van der Waals surface area contributed by atoms with Crippen molar-refractivity contribution < 1.29 is 5.11 Å². The Morgan fingerprint density at radius 3 is 2.63 bits per heavy atom. The molecule has 2 aromatic carbocycles. The van der Waals surface area contributed by atoms with E-state index in [2.05, 4.69) is 53.2 Å². The summed E-state index contributed by atoms with van der Waals surface area (Å²) < 4.78 is 1.07. The van der Waals surface area contributed by atoms with Crippen molar-refractivity contribution in [3.63, 3.8) is 0 Å².